The zero-order valence-corrected chi connectivity index (χ0v) is 9.60. The summed E-state index contributed by atoms with van der Waals surface area (Å²) in [5.41, 5.74) is -2.77. The van der Waals surface area contributed by atoms with Gasteiger partial charge in [0.25, 0.3) is 0 Å². The summed E-state index contributed by atoms with van der Waals surface area (Å²) in [5.74, 6) is -4.91. The van der Waals surface area contributed by atoms with Crippen LogP contribution in [-0.4, -0.2) is 44.1 Å². The van der Waals surface area contributed by atoms with Gasteiger partial charge in [-0.2, -0.15) is 5.26 Å². The van der Waals surface area contributed by atoms with Crippen LogP contribution in [0.25, 0.3) is 0 Å². The summed E-state index contributed by atoms with van der Waals surface area (Å²) in [5, 5.41) is 33.6. The molecule has 0 aliphatic carbocycles. The van der Waals surface area contributed by atoms with Gasteiger partial charge in [0.15, 0.2) is 5.60 Å². The van der Waals surface area contributed by atoms with E-state index >= 15 is 0 Å². The monoisotopic (exact) mass is 273 g/mol. The topological polar surface area (TPSA) is 176 Å². The molecular formula is C6H11NO8Ti. The fourth-order valence-electron chi connectivity index (χ4n) is 0.735. The fraction of sp³-hybridized carbons (Fsp3) is 0.500. The Kier molecular flexibility index (Phi) is 10.5. The van der Waals surface area contributed by atoms with Crippen LogP contribution in [0.4, 0.5) is 0 Å². The SMILES string of the molecule is N.O=C(O)CC(O)(CC(=O)OO)C(=O)O.[Ti]. The van der Waals surface area contributed by atoms with Crippen LogP contribution in [0.15, 0.2) is 0 Å². The molecule has 0 aromatic heterocycles. The molecular weight excluding hydrogens is 262 g/mol. The van der Waals surface area contributed by atoms with Gasteiger partial charge in [0.2, 0.25) is 0 Å². The molecule has 0 saturated heterocycles. The third kappa shape index (κ3) is 6.48. The van der Waals surface area contributed by atoms with Gasteiger partial charge in [-0.3, -0.25) is 4.79 Å². The van der Waals surface area contributed by atoms with Crippen molar-refractivity contribution in [1.82, 2.24) is 6.15 Å². The number of carbonyl (C=O) groups excluding carboxylic acids is 1. The van der Waals surface area contributed by atoms with E-state index in [-0.39, 0.29) is 27.9 Å². The Morgan fingerprint density at radius 3 is 1.81 bits per heavy atom. The van der Waals surface area contributed by atoms with Crippen molar-refractivity contribution < 1.29 is 61.6 Å². The van der Waals surface area contributed by atoms with E-state index in [1.165, 1.54) is 0 Å². The summed E-state index contributed by atoms with van der Waals surface area (Å²) < 4.78 is 0. The van der Waals surface area contributed by atoms with Crippen LogP contribution < -0.4 is 6.15 Å². The summed E-state index contributed by atoms with van der Waals surface area (Å²) in [7, 11) is 0. The molecule has 10 heteroatoms. The number of rotatable bonds is 5. The van der Waals surface area contributed by atoms with Crippen molar-refractivity contribution in [3.05, 3.63) is 0 Å². The average molecular weight is 273 g/mol. The molecule has 1 atom stereocenters. The number of carbonyl (C=O) groups is 3. The number of carboxylic acids is 2. The maximum absolute atomic E-state index is 10.4. The molecule has 0 spiro atoms. The van der Waals surface area contributed by atoms with E-state index in [1.54, 1.807) is 0 Å². The Labute approximate surface area is 104 Å². The van der Waals surface area contributed by atoms with Crippen LogP contribution >= 0.6 is 0 Å². The van der Waals surface area contributed by atoms with Gasteiger partial charge in [-0.05, 0) is 0 Å². The normalized spacial score (nSPS) is 12.4. The minimum atomic E-state index is -2.77. The molecule has 0 amide bonds. The summed E-state index contributed by atoms with van der Waals surface area (Å²) in [6.45, 7) is 0. The number of hydrogen-bond donors (Lipinski definition) is 5. The van der Waals surface area contributed by atoms with Crippen LogP contribution in [0.3, 0.4) is 0 Å². The quantitative estimate of drug-likeness (QED) is 0.235. The van der Waals surface area contributed by atoms with Crippen molar-refractivity contribution >= 4 is 17.9 Å². The van der Waals surface area contributed by atoms with Gasteiger partial charge in [0.05, 0.1) is 12.8 Å². The third-order valence-electron chi connectivity index (χ3n) is 1.38. The van der Waals surface area contributed by atoms with E-state index in [0.29, 0.717) is 0 Å². The number of hydrogen-bond acceptors (Lipinski definition) is 7. The molecule has 7 N–H and O–H groups in total. The van der Waals surface area contributed by atoms with Crippen molar-refractivity contribution in [2.45, 2.75) is 18.4 Å². The molecule has 0 aromatic carbocycles. The van der Waals surface area contributed by atoms with Gasteiger partial charge in [0.1, 0.15) is 0 Å². The summed E-state index contributed by atoms with van der Waals surface area (Å²) >= 11 is 0. The third-order valence-corrected chi connectivity index (χ3v) is 1.38. The second-order valence-corrected chi connectivity index (χ2v) is 2.55. The average Bonchev–Trinajstić information content (AvgIpc) is 2.02. The molecule has 0 fully saturated rings. The molecule has 0 aliphatic heterocycles. The first-order valence-electron chi connectivity index (χ1n) is 3.33. The fourth-order valence-corrected chi connectivity index (χ4v) is 0.735. The summed E-state index contributed by atoms with van der Waals surface area (Å²) in [4.78, 5) is 34.1. The molecule has 0 saturated carbocycles. The molecule has 0 bridgehead atoms. The van der Waals surface area contributed by atoms with Gasteiger partial charge >= 0.3 is 17.9 Å². The zero-order valence-electron chi connectivity index (χ0n) is 8.04. The maximum atomic E-state index is 10.4. The Morgan fingerprint density at radius 2 is 1.56 bits per heavy atom. The molecule has 0 aliphatic rings. The van der Waals surface area contributed by atoms with E-state index in [2.05, 4.69) is 4.89 Å². The number of carboxylic acid groups (broad SMARTS) is 2. The van der Waals surface area contributed by atoms with E-state index in [4.69, 9.17) is 20.6 Å². The van der Waals surface area contributed by atoms with Crippen molar-refractivity contribution in [3.8, 4) is 0 Å². The van der Waals surface area contributed by atoms with E-state index < -0.39 is 36.4 Å². The molecule has 1 unspecified atom stereocenters. The molecule has 0 radical (unpaired) electrons. The van der Waals surface area contributed by atoms with Crippen LogP contribution in [0.5, 0.6) is 0 Å². The standard InChI is InChI=1S/C6H8O8.H3N.Ti/c7-3(8)1-6(12,5(10)11)2-4(9)14-13;;/h12-13H,1-2H2,(H,7,8)(H,10,11);1H3;. The second kappa shape index (κ2) is 8.19. The summed E-state index contributed by atoms with van der Waals surface area (Å²) in [6.07, 6.45) is -2.32. The molecule has 92 valence electrons. The number of aliphatic carboxylic acids is 2. The van der Waals surface area contributed by atoms with Crippen LogP contribution in [0.1, 0.15) is 12.8 Å². The van der Waals surface area contributed by atoms with Crippen molar-refractivity contribution in [3.63, 3.8) is 0 Å². The smallest absolute Gasteiger partial charge is 0.345 e. The van der Waals surface area contributed by atoms with Crippen LogP contribution in [0.2, 0.25) is 0 Å². The largest absolute Gasteiger partial charge is 0.481 e. The van der Waals surface area contributed by atoms with Gasteiger partial charge in [0, 0.05) is 21.7 Å². The Bertz CT molecular complexity index is 269. The molecule has 9 nitrogen and oxygen atoms in total. The molecule has 0 heterocycles. The van der Waals surface area contributed by atoms with Crippen LogP contribution in [0, 0.1) is 0 Å². The maximum Gasteiger partial charge on any atom is 0.345 e. The van der Waals surface area contributed by atoms with Crippen molar-refractivity contribution in [1.29, 1.82) is 0 Å². The van der Waals surface area contributed by atoms with Gasteiger partial charge in [-0.25, -0.2) is 9.59 Å². The predicted octanol–water partition coefficient (Wildman–Crippen LogP) is -1.16. The number of aliphatic hydroxyl groups is 1. The van der Waals surface area contributed by atoms with E-state index in [9.17, 15) is 14.4 Å². The van der Waals surface area contributed by atoms with Crippen molar-refractivity contribution in [2.75, 3.05) is 0 Å². The zero-order chi connectivity index (χ0) is 11.4. The Balaban J connectivity index is -0.000000845. The van der Waals surface area contributed by atoms with Gasteiger partial charge in [-0.15, -0.1) is 0 Å². The summed E-state index contributed by atoms with van der Waals surface area (Å²) in [6, 6.07) is 0. The second-order valence-electron chi connectivity index (χ2n) is 2.55. The molecule has 0 rings (SSSR count). The first-order chi connectivity index (χ1) is 6.31. The predicted molar refractivity (Wildman–Crippen MR) is 43.2 cm³/mol. The minimum Gasteiger partial charge on any atom is -0.481 e. The van der Waals surface area contributed by atoms with Crippen LogP contribution in [-0.2, 0) is 41.0 Å². The van der Waals surface area contributed by atoms with Crippen molar-refractivity contribution in [2.24, 2.45) is 0 Å². The van der Waals surface area contributed by atoms with E-state index in [1.807, 2.05) is 0 Å². The molecule has 16 heavy (non-hydrogen) atoms. The Hall–Kier alpha value is -0.996. The van der Waals surface area contributed by atoms with Gasteiger partial charge < -0.3 is 26.4 Å². The minimum absolute atomic E-state index is 0. The first-order valence-corrected chi connectivity index (χ1v) is 3.33. The molecule has 0 aromatic rings. The van der Waals surface area contributed by atoms with Gasteiger partial charge in [-0.1, -0.05) is 0 Å². The Morgan fingerprint density at radius 1 is 1.12 bits per heavy atom. The van der Waals surface area contributed by atoms with E-state index in [0.717, 1.165) is 0 Å². The first kappa shape index (κ1) is 20.4.